The molecule has 1 aromatic rings. The fourth-order valence-electron chi connectivity index (χ4n) is 2.05. The van der Waals surface area contributed by atoms with Crippen LogP contribution in [0.15, 0.2) is 12.4 Å². The Morgan fingerprint density at radius 1 is 1.50 bits per heavy atom. The Labute approximate surface area is 110 Å². The van der Waals surface area contributed by atoms with Crippen LogP contribution in [0.2, 0.25) is 0 Å². The van der Waals surface area contributed by atoms with E-state index in [9.17, 15) is 4.79 Å². The molecule has 0 spiro atoms. The molecule has 0 saturated heterocycles. The molecule has 0 saturated carbocycles. The molecule has 1 heterocycles. The topological polar surface area (TPSA) is 46.9 Å². The van der Waals surface area contributed by atoms with E-state index in [1.54, 1.807) is 10.9 Å². The second kappa shape index (κ2) is 7.19. The van der Waals surface area contributed by atoms with Gasteiger partial charge in [-0.1, -0.05) is 26.7 Å². The zero-order valence-corrected chi connectivity index (χ0v) is 11.9. The van der Waals surface area contributed by atoms with Crippen molar-refractivity contribution in [2.24, 2.45) is 13.0 Å². The summed E-state index contributed by atoms with van der Waals surface area (Å²) >= 11 is 0. The summed E-state index contributed by atoms with van der Waals surface area (Å²) in [5, 5.41) is 7.20. The van der Waals surface area contributed by atoms with Crippen LogP contribution in [0, 0.1) is 5.92 Å². The molecule has 102 valence electrons. The van der Waals surface area contributed by atoms with E-state index in [4.69, 9.17) is 0 Å². The first kappa shape index (κ1) is 14.7. The molecule has 1 aromatic heterocycles. The van der Waals surface area contributed by atoms with E-state index >= 15 is 0 Å². The molecule has 4 heteroatoms. The number of nitrogens with one attached hydrogen (secondary N) is 1. The number of aromatic nitrogens is 2. The zero-order chi connectivity index (χ0) is 13.5. The summed E-state index contributed by atoms with van der Waals surface area (Å²) in [6.45, 7) is 6.24. The molecule has 4 nitrogen and oxygen atoms in total. The van der Waals surface area contributed by atoms with Gasteiger partial charge in [0, 0.05) is 24.7 Å². The number of carbonyl (C=O) groups excluding carboxylic acids is 1. The van der Waals surface area contributed by atoms with Gasteiger partial charge < -0.3 is 5.32 Å². The lowest BCUT2D eigenvalue weighted by molar-refractivity contribution is -0.126. The maximum Gasteiger partial charge on any atom is 0.223 e. The minimum atomic E-state index is 0.0295. The highest BCUT2D eigenvalue weighted by molar-refractivity contribution is 5.78. The van der Waals surface area contributed by atoms with Gasteiger partial charge in [0.2, 0.25) is 5.91 Å². The van der Waals surface area contributed by atoms with Gasteiger partial charge >= 0.3 is 0 Å². The summed E-state index contributed by atoms with van der Waals surface area (Å²) in [5.41, 5.74) is 1.05. The predicted octanol–water partition coefficient (Wildman–Crippen LogP) is 2.81. The van der Waals surface area contributed by atoms with Crippen molar-refractivity contribution in [3.05, 3.63) is 18.0 Å². The average molecular weight is 251 g/mol. The van der Waals surface area contributed by atoms with Crippen molar-refractivity contribution in [1.29, 1.82) is 0 Å². The highest BCUT2D eigenvalue weighted by atomic mass is 16.1. The first-order valence-corrected chi connectivity index (χ1v) is 6.87. The average Bonchev–Trinajstić information content (AvgIpc) is 2.77. The van der Waals surface area contributed by atoms with Crippen LogP contribution < -0.4 is 5.32 Å². The summed E-state index contributed by atoms with van der Waals surface area (Å²) in [6.07, 6.45) is 7.90. The van der Waals surface area contributed by atoms with Crippen LogP contribution in [0.3, 0.4) is 0 Å². The summed E-state index contributed by atoms with van der Waals surface area (Å²) in [4.78, 5) is 12.1. The van der Waals surface area contributed by atoms with Crippen molar-refractivity contribution in [3.63, 3.8) is 0 Å². The van der Waals surface area contributed by atoms with Crippen molar-refractivity contribution >= 4 is 5.91 Å². The minimum absolute atomic E-state index is 0.0295. The monoisotopic (exact) mass is 251 g/mol. The number of amides is 1. The summed E-state index contributed by atoms with van der Waals surface area (Å²) in [6, 6.07) is 0.0295. The van der Waals surface area contributed by atoms with Crippen LogP contribution in [-0.4, -0.2) is 15.7 Å². The molecule has 18 heavy (non-hydrogen) atoms. The van der Waals surface area contributed by atoms with Crippen molar-refractivity contribution in [2.45, 2.75) is 52.5 Å². The molecule has 2 atom stereocenters. The van der Waals surface area contributed by atoms with E-state index in [-0.39, 0.29) is 17.9 Å². The highest BCUT2D eigenvalue weighted by Gasteiger charge is 2.18. The first-order valence-electron chi connectivity index (χ1n) is 6.87. The Bertz CT molecular complexity index is 373. The van der Waals surface area contributed by atoms with Crippen LogP contribution in [0.25, 0.3) is 0 Å². The second-order valence-corrected chi connectivity index (χ2v) is 4.93. The number of hydrogen-bond acceptors (Lipinski definition) is 2. The molecule has 0 aromatic carbocycles. The Balaban J connectivity index is 2.52. The summed E-state index contributed by atoms with van der Waals surface area (Å²) < 4.78 is 1.76. The van der Waals surface area contributed by atoms with E-state index in [1.165, 1.54) is 0 Å². The fraction of sp³-hybridized carbons (Fsp3) is 0.714. The van der Waals surface area contributed by atoms with Crippen LogP contribution in [-0.2, 0) is 11.8 Å². The van der Waals surface area contributed by atoms with Crippen LogP contribution in [0.5, 0.6) is 0 Å². The van der Waals surface area contributed by atoms with Gasteiger partial charge in [0.05, 0.1) is 12.2 Å². The highest BCUT2D eigenvalue weighted by Crippen LogP contribution is 2.16. The lowest BCUT2D eigenvalue weighted by Gasteiger charge is -2.18. The van der Waals surface area contributed by atoms with Gasteiger partial charge in [0.15, 0.2) is 0 Å². The van der Waals surface area contributed by atoms with Gasteiger partial charge in [-0.25, -0.2) is 0 Å². The number of nitrogens with zero attached hydrogens (tertiary/aromatic N) is 2. The molecule has 0 bridgehead atoms. The number of aryl methyl sites for hydroxylation is 1. The Morgan fingerprint density at radius 3 is 2.72 bits per heavy atom. The number of unbranched alkanes of at least 4 members (excludes halogenated alkanes) is 1. The van der Waals surface area contributed by atoms with E-state index in [1.807, 2.05) is 20.2 Å². The van der Waals surface area contributed by atoms with Crippen molar-refractivity contribution in [1.82, 2.24) is 15.1 Å². The predicted molar refractivity (Wildman–Crippen MR) is 73.1 cm³/mol. The lowest BCUT2D eigenvalue weighted by atomic mass is 9.98. The molecule has 0 radical (unpaired) electrons. The van der Waals surface area contributed by atoms with Gasteiger partial charge in [-0.15, -0.1) is 0 Å². The normalized spacial score (nSPS) is 14.2. The summed E-state index contributed by atoms with van der Waals surface area (Å²) in [5.74, 6) is 0.311. The van der Waals surface area contributed by atoms with E-state index in [2.05, 4.69) is 24.3 Å². The van der Waals surface area contributed by atoms with E-state index < -0.39 is 0 Å². The number of rotatable bonds is 7. The van der Waals surface area contributed by atoms with Gasteiger partial charge in [-0.3, -0.25) is 9.48 Å². The van der Waals surface area contributed by atoms with Crippen molar-refractivity contribution < 1.29 is 4.79 Å². The molecule has 0 fully saturated rings. The zero-order valence-electron chi connectivity index (χ0n) is 11.9. The minimum Gasteiger partial charge on any atom is -0.349 e. The third-order valence-electron chi connectivity index (χ3n) is 3.35. The largest absolute Gasteiger partial charge is 0.349 e. The number of hydrogen-bond donors (Lipinski definition) is 1. The Kier molecular flexibility index (Phi) is 5.89. The molecule has 0 aliphatic rings. The van der Waals surface area contributed by atoms with Gasteiger partial charge in [0.25, 0.3) is 0 Å². The Morgan fingerprint density at radius 2 is 2.22 bits per heavy atom. The van der Waals surface area contributed by atoms with Gasteiger partial charge in [-0.05, 0) is 19.8 Å². The SMILES string of the molecule is CCCC[C@@H](CC)C(=O)N[C@@H](C)c1cnn(C)c1. The quantitative estimate of drug-likeness (QED) is 0.810. The molecule has 0 aliphatic carbocycles. The maximum absolute atomic E-state index is 12.1. The standard InChI is InChI=1S/C14H25N3O/c1-5-7-8-12(6-2)14(18)16-11(3)13-9-15-17(4)10-13/h9-12H,5-8H2,1-4H3,(H,16,18)/t11-,12+/m0/s1. The first-order chi connectivity index (χ1) is 8.58. The van der Waals surface area contributed by atoms with Gasteiger partial charge in [0.1, 0.15) is 0 Å². The van der Waals surface area contributed by atoms with Crippen LogP contribution >= 0.6 is 0 Å². The molecule has 1 N–H and O–H groups in total. The van der Waals surface area contributed by atoms with Gasteiger partial charge in [-0.2, -0.15) is 5.10 Å². The Hall–Kier alpha value is -1.32. The summed E-state index contributed by atoms with van der Waals surface area (Å²) in [7, 11) is 1.88. The molecular weight excluding hydrogens is 226 g/mol. The molecule has 1 amide bonds. The molecule has 1 rings (SSSR count). The second-order valence-electron chi connectivity index (χ2n) is 4.93. The van der Waals surface area contributed by atoms with Crippen molar-refractivity contribution in [3.8, 4) is 0 Å². The van der Waals surface area contributed by atoms with E-state index in [0.717, 1.165) is 31.2 Å². The van der Waals surface area contributed by atoms with E-state index in [0.29, 0.717) is 0 Å². The van der Waals surface area contributed by atoms with Crippen LogP contribution in [0.4, 0.5) is 0 Å². The third-order valence-corrected chi connectivity index (χ3v) is 3.35. The number of carbonyl (C=O) groups is 1. The third kappa shape index (κ3) is 4.17. The lowest BCUT2D eigenvalue weighted by Crippen LogP contribution is -2.32. The van der Waals surface area contributed by atoms with Crippen molar-refractivity contribution in [2.75, 3.05) is 0 Å². The molecular formula is C14H25N3O. The maximum atomic E-state index is 12.1. The smallest absolute Gasteiger partial charge is 0.223 e. The molecule has 0 unspecified atom stereocenters. The van der Waals surface area contributed by atoms with Crippen LogP contribution in [0.1, 0.15) is 58.1 Å². The fourth-order valence-corrected chi connectivity index (χ4v) is 2.05. The molecule has 0 aliphatic heterocycles.